The van der Waals surface area contributed by atoms with Gasteiger partial charge in [0.05, 0.1) is 4.90 Å². The maximum Gasteiger partial charge on any atom is 0.446 e. The number of nitrogens with zero attached hydrogens (tertiary/aromatic N) is 2. The third-order valence-electron chi connectivity index (χ3n) is 4.24. The van der Waals surface area contributed by atoms with E-state index in [0.29, 0.717) is 10.6 Å². The van der Waals surface area contributed by atoms with Crippen LogP contribution < -0.4 is 4.65 Å². The number of hydrogen-bond acceptors (Lipinski definition) is 6. The fraction of sp³-hybridized carbons (Fsp3) is 0.100. The minimum Gasteiger partial charge on any atom is -0.392 e. The molecule has 9 heteroatoms. The number of hydroxylamine groups is 2. The minimum atomic E-state index is -3.59. The molecule has 0 saturated heterocycles. The van der Waals surface area contributed by atoms with E-state index in [9.17, 15) is 18.4 Å². The molecule has 0 fully saturated rings. The van der Waals surface area contributed by atoms with Gasteiger partial charge < -0.3 is 4.42 Å². The van der Waals surface area contributed by atoms with Crippen LogP contribution >= 0.6 is 11.6 Å². The van der Waals surface area contributed by atoms with Gasteiger partial charge in [-0.15, -0.1) is 0 Å². The molecule has 0 aliphatic carbocycles. The van der Waals surface area contributed by atoms with Gasteiger partial charge in [0.25, 0.3) is 0 Å². The molecule has 7 nitrogen and oxygen atoms in total. The first-order valence-corrected chi connectivity index (χ1v) is 10.7. The third kappa shape index (κ3) is 4.01. The van der Waals surface area contributed by atoms with E-state index in [1.165, 1.54) is 13.1 Å². The summed E-state index contributed by atoms with van der Waals surface area (Å²) in [6.45, 7) is 3.37. The highest BCUT2D eigenvalue weighted by atomic mass is 35.5. The lowest BCUT2D eigenvalue weighted by atomic mass is 10.1. The number of likely N-dealkylation sites (N-methyl/N-ethyl adjacent to an activating group) is 1. The Labute approximate surface area is 173 Å². The Bertz CT molecular complexity index is 1200. The van der Waals surface area contributed by atoms with Crippen LogP contribution in [-0.2, 0) is 14.6 Å². The standard InChI is InChI=1S/C20H18ClN2O5S/c1-4-17(24)23(2,25)20-22-18(15-7-5-6-8-16(15)29(3,26)27)19(28-20)13-9-11-14(21)12-10-13/h4-12,25H,1H2,2-3H3/q+1. The largest absolute Gasteiger partial charge is 0.446 e. The van der Waals surface area contributed by atoms with Gasteiger partial charge >= 0.3 is 11.9 Å². The lowest BCUT2D eigenvalue weighted by Crippen LogP contribution is -2.46. The summed E-state index contributed by atoms with van der Waals surface area (Å²) in [7, 11) is -2.41. The summed E-state index contributed by atoms with van der Waals surface area (Å²) >= 11 is 5.95. The van der Waals surface area contributed by atoms with Crippen molar-refractivity contribution in [3.05, 3.63) is 66.2 Å². The zero-order valence-corrected chi connectivity index (χ0v) is 17.2. The molecule has 1 atom stereocenters. The van der Waals surface area contributed by atoms with Crippen molar-refractivity contribution in [3.63, 3.8) is 0 Å². The topological polar surface area (TPSA) is 97.5 Å². The summed E-state index contributed by atoms with van der Waals surface area (Å²) in [6, 6.07) is 12.5. The summed E-state index contributed by atoms with van der Waals surface area (Å²) in [4.78, 5) is 16.4. The Morgan fingerprint density at radius 3 is 2.41 bits per heavy atom. The first kappa shape index (κ1) is 20.9. The molecule has 1 heterocycles. The summed E-state index contributed by atoms with van der Waals surface area (Å²) < 4.78 is 29.0. The molecule has 0 aliphatic heterocycles. The van der Waals surface area contributed by atoms with Crippen molar-refractivity contribution in [1.29, 1.82) is 0 Å². The fourth-order valence-electron chi connectivity index (χ4n) is 2.73. The average Bonchev–Trinajstić information content (AvgIpc) is 3.13. The molecule has 2 aromatic carbocycles. The molecule has 0 aliphatic rings. The Balaban J connectivity index is 2.33. The molecule has 3 aromatic rings. The van der Waals surface area contributed by atoms with Gasteiger partial charge in [0.15, 0.2) is 15.6 Å². The smallest absolute Gasteiger partial charge is 0.392 e. The van der Waals surface area contributed by atoms with Gasteiger partial charge in [-0.1, -0.05) is 36.4 Å². The molecule has 1 amide bonds. The van der Waals surface area contributed by atoms with E-state index in [2.05, 4.69) is 11.6 Å². The van der Waals surface area contributed by atoms with Gasteiger partial charge in [0.2, 0.25) is 0 Å². The van der Waals surface area contributed by atoms with Crippen LogP contribution in [0.3, 0.4) is 0 Å². The molecular formula is C20H18ClN2O5S+. The molecule has 1 unspecified atom stereocenters. The second kappa shape index (κ2) is 7.57. The fourth-order valence-corrected chi connectivity index (χ4v) is 3.75. The van der Waals surface area contributed by atoms with E-state index in [1.54, 1.807) is 42.5 Å². The predicted octanol–water partition coefficient (Wildman–Crippen LogP) is 4.10. The molecule has 0 saturated carbocycles. The summed E-state index contributed by atoms with van der Waals surface area (Å²) in [5.41, 5.74) is 0.983. The Kier molecular flexibility index (Phi) is 5.46. The molecule has 1 aromatic heterocycles. The maximum absolute atomic E-state index is 12.3. The van der Waals surface area contributed by atoms with Crippen LogP contribution in [0.5, 0.6) is 0 Å². The van der Waals surface area contributed by atoms with Gasteiger partial charge in [0, 0.05) is 28.5 Å². The minimum absolute atomic E-state index is 0.0391. The van der Waals surface area contributed by atoms with Gasteiger partial charge in [0.1, 0.15) is 12.7 Å². The number of hydrogen-bond donors (Lipinski definition) is 1. The van der Waals surface area contributed by atoms with Gasteiger partial charge in [-0.2, -0.15) is 10.2 Å². The quantitative estimate of drug-likeness (QED) is 0.281. The number of amides is 1. The number of quaternary nitrogens is 1. The highest BCUT2D eigenvalue weighted by Crippen LogP contribution is 2.39. The first-order chi connectivity index (χ1) is 13.6. The van der Waals surface area contributed by atoms with Gasteiger partial charge in [-0.25, -0.2) is 13.2 Å². The summed E-state index contributed by atoms with van der Waals surface area (Å²) in [6.07, 6.45) is 2.03. The van der Waals surface area contributed by atoms with E-state index >= 15 is 0 Å². The average molecular weight is 434 g/mol. The second-order valence-electron chi connectivity index (χ2n) is 6.45. The zero-order chi connectivity index (χ0) is 21.4. The van der Waals surface area contributed by atoms with Crippen LogP contribution in [0, 0.1) is 0 Å². The van der Waals surface area contributed by atoms with Crippen molar-refractivity contribution < 1.29 is 22.8 Å². The molecule has 1 N–H and O–H groups in total. The van der Waals surface area contributed by atoms with Crippen molar-refractivity contribution in [1.82, 2.24) is 9.63 Å². The van der Waals surface area contributed by atoms with Crippen molar-refractivity contribution in [3.8, 4) is 22.6 Å². The Hall–Kier alpha value is -2.78. The third-order valence-corrected chi connectivity index (χ3v) is 5.65. The van der Waals surface area contributed by atoms with Crippen molar-refractivity contribution in [2.45, 2.75) is 4.90 Å². The number of carbonyl (C=O) groups is 1. The number of carbonyl (C=O) groups excluding carboxylic acids is 1. The van der Waals surface area contributed by atoms with E-state index in [4.69, 9.17) is 16.0 Å². The number of sulfone groups is 1. The molecule has 29 heavy (non-hydrogen) atoms. The van der Waals surface area contributed by atoms with Crippen LogP contribution in [0.1, 0.15) is 0 Å². The monoisotopic (exact) mass is 433 g/mol. The molecule has 3 rings (SSSR count). The summed E-state index contributed by atoms with van der Waals surface area (Å²) in [5, 5.41) is 11.1. The van der Waals surface area contributed by atoms with E-state index in [0.717, 1.165) is 12.3 Å². The molecule has 0 bridgehead atoms. The molecule has 0 radical (unpaired) electrons. The van der Waals surface area contributed by atoms with Crippen molar-refractivity contribution >= 4 is 33.4 Å². The van der Waals surface area contributed by atoms with Crippen LogP contribution in [0.2, 0.25) is 5.02 Å². The van der Waals surface area contributed by atoms with Gasteiger partial charge in [-0.05, 0) is 35.0 Å². The van der Waals surface area contributed by atoms with Crippen LogP contribution in [0.4, 0.5) is 6.01 Å². The molecular weight excluding hydrogens is 416 g/mol. The zero-order valence-electron chi connectivity index (χ0n) is 15.7. The highest BCUT2D eigenvalue weighted by Gasteiger charge is 2.39. The summed E-state index contributed by atoms with van der Waals surface area (Å²) in [5.74, 6) is -0.583. The van der Waals surface area contributed by atoms with Crippen LogP contribution in [-0.4, -0.2) is 37.8 Å². The van der Waals surface area contributed by atoms with Gasteiger partial charge in [-0.3, -0.25) is 0 Å². The number of benzene rings is 2. The number of aromatic nitrogens is 1. The van der Waals surface area contributed by atoms with E-state index < -0.39 is 20.4 Å². The van der Waals surface area contributed by atoms with E-state index in [1.807, 2.05) is 0 Å². The maximum atomic E-state index is 12.3. The Morgan fingerprint density at radius 1 is 1.21 bits per heavy atom. The lowest BCUT2D eigenvalue weighted by molar-refractivity contribution is -0.153. The second-order valence-corrected chi connectivity index (χ2v) is 8.87. The normalized spacial score (nSPS) is 13.7. The first-order valence-electron chi connectivity index (χ1n) is 8.38. The van der Waals surface area contributed by atoms with Crippen LogP contribution in [0.15, 0.2) is 70.5 Å². The van der Waals surface area contributed by atoms with Crippen LogP contribution in [0.25, 0.3) is 22.6 Å². The van der Waals surface area contributed by atoms with E-state index in [-0.39, 0.29) is 27.9 Å². The Morgan fingerprint density at radius 2 is 1.83 bits per heavy atom. The predicted molar refractivity (Wildman–Crippen MR) is 110 cm³/mol. The SMILES string of the molecule is C=CC(=O)[N+](C)(O)c1nc(-c2ccccc2S(C)(=O)=O)c(-c2ccc(Cl)cc2)o1. The van der Waals surface area contributed by atoms with Crippen molar-refractivity contribution in [2.75, 3.05) is 13.3 Å². The number of rotatable bonds is 5. The van der Waals surface area contributed by atoms with Crippen molar-refractivity contribution in [2.24, 2.45) is 0 Å². The lowest BCUT2D eigenvalue weighted by Gasteiger charge is -2.14. The number of halogens is 1. The molecule has 150 valence electrons. The number of oxazole rings is 1. The highest BCUT2D eigenvalue weighted by molar-refractivity contribution is 7.90. The molecule has 0 spiro atoms.